The Kier molecular flexibility index (Phi) is 6.92. The summed E-state index contributed by atoms with van der Waals surface area (Å²) in [6.45, 7) is 3.71. The predicted octanol–water partition coefficient (Wildman–Crippen LogP) is 3.73. The van der Waals surface area contributed by atoms with Crippen LogP contribution in [0.4, 0.5) is 0 Å². The van der Waals surface area contributed by atoms with Crippen LogP contribution in [0.2, 0.25) is 0 Å². The summed E-state index contributed by atoms with van der Waals surface area (Å²) < 4.78 is 10.4. The molecule has 0 aliphatic heterocycles. The molecular weight excluding hydrogens is 308 g/mol. The van der Waals surface area contributed by atoms with E-state index in [4.69, 9.17) is 9.47 Å². The summed E-state index contributed by atoms with van der Waals surface area (Å²) in [7, 11) is 1.67. The van der Waals surface area contributed by atoms with Gasteiger partial charge in [0.2, 0.25) is 0 Å². The number of methoxy groups -OCH3 is 1. The SMILES string of the molecule is COc1ccccc1CCCC(Br)C(=O)OC(C)C. The number of benzene rings is 1. The second kappa shape index (κ2) is 8.20. The molecule has 1 aromatic rings. The minimum Gasteiger partial charge on any atom is -0.496 e. The van der Waals surface area contributed by atoms with Gasteiger partial charge in [0, 0.05) is 0 Å². The van der Waals surface area contributed by atoms with E-state index in [0.29, 0.717) is 0 Å². The van der Waals surface area contributed by atoms with Crippen molar-refractivity contribution in [2.75, 3.05) is 7.11 Å². The topological polar surface area (TPSA) is 35.5 Å². The quantitative estimate of drug-likeness (QED) is 0.565. The van der Waals surface area contributed by atoms with Crippen LogP contribution >= 0.6 is 15.9 Å². The van der Waals surface area contributed by atoms with Gasteiger partial charge in [-0.25, -0.2) is 0 Å². The lowest BCUT2D eigenvalue weighted by Gasteiger charge is -2.13. The smallest absolute Gasteiger partial charge is 0.319 e. The Morgan fingerprint density at radius 3 is 2.63 bits per heavy atom. The third kappa shape index (κ3) is 5.64. The number of aryl methyl sites for hydroxylation is 1. The number of ether oxygens (including phenoxy) is 2. The zero-order valence-electron chi connectivity index (χ0n) is 11.7. The maximum atomic E-state index is 11.6. The molecule has 0 aliphatic carbocycles. The van der Waals surface area contributed by atoms with E-state index in [1.165, 1.54) is 5.56 Å². The Morgan fingerprint density at radius 1 is 1.32 bits per heavy atom. The van der Waals surface area contributed by atoms with Crippen LogP contribution in [0.1, 0.15) is 32.3 Å². The number of halogens is 1. The molecule has 0 saturated carbocycles. The summed E-state index contributed by atoms with van der Waals surface area (Å²) in [6, 6.07) is 7.95. The first kappa shape index (κ1) is 16.0. The molecule has 0 N–H and O–H groups in total. The molecule has 1 aromatic carbocycles. The van der Waals surface area contributed by atoms with Crippen molar-refractivity contribution in [3.05, 3.63) is 29.8 Å². The first-order valence-electron chi connectivity index (χ1n) is 6.51. The summed E-state index contributed by atoms with van der Waals surface area (Å²) >= 11 is 3.38. The lowest BCUT2D eigenvalue weighted by Crippen LogP contribution is -2.21. The standard InChI is InChI=1S/C15H21BrO3/c1-11(2)19-15(17)13(16)9-6-8-12-7-4-5-10-14(12)18-3/h4-5,7,10-11,13H,6,8-9H2,1-3H3. The van der Waals surface area contributed by atoms with Gasteiger partial charge in [0.05, 0.1) is 13.2 Å². The maximum absolute atomic E-state index is 11.6. The molecule has 0 radical (unpaired) electrons. The molecule has 106 valence electrons. The van der Waals surface area contributed by atoms with E-state index in [2.05, 4.69) is 22.0 Å². The number of para-hydroxylation sites is 1. The Hall–Kier alpha value is -1.03. The highest BCUT2D eigenvalue weighted by molar-refractivity contribution is 9.10. The predicted molar refractivity (Wildman–Crippen MR) is 79.9 cm³/mol. The van der Waals surface area contributed by atoms with Crippen molar-refractivity contribution in [3.8, 4) is 5.75 Å². The third-order valence-electron chi connectivity index (χ3n) is 2.70. The Bertz CT molecular complexity index is 404. The van der Waals surface area contributed by atoms with E-state index in [9.17, 15) is 4.79 Å². The number of hydrogen-bond acceptors (Lipinski definition) is 3. The van der Waals surface area contributed by atoms with Crippen molar-refractivity contribution < 1.29 is 14.3 Å². The van der Waals surface area contributed by atoms with E-state index in [1.807, 2.05) is 32.0 Å². The summed E-state index contributed by atoms with van der Waals surface area (Å²) in [5.41, 5.74) is 1.17. The van der Waals surface area contributed by atoms with Crippen LogP contribution in [0.25, 0.3) is 0 Å². The van der Waals surface area contributed by atoms with Gasteiger partial charge in [0.1, 0.15) is 10.6 Å². The van der Waals surface area contributed by atoms with Gasteiger partial charge in [-0.1, -0.05) is 34.1 Å². The first-order chi connectivity index (χ1) is 9.04. The van der Waals surface area contributed by atoms with Gasteiger partial charge in [-0.05, 0) is 44.7 Å². The summed E-state index contributed by atoms with van der Waals surface area (Å²) in [5.74, 6) is 0.716. The average Bonchev–Trinajstić information content (AvgIpc) is 2.38. The van der Waals surface area contributed by atoms with Gasteiger partial charge in [-0.2, -0.15) is 0 Å². The van der Waals surface area contributed by atoms with Crippen molar-refractivity contribution in [1.82, 2.24) is 0 Å². The van der Waals surface area contributed by atoms with Gasteiger partial charge >= 0.3 is 5.97 Å². The van der Waals surface area contributed by atoms with Gasteiger partial charge in [0.15, 0.2) is 0 Å². The second-order valence-electron chi connectivity index (χ2n) is 4.66. The molecule has 3 nitrogen and oxygen atoms in total. The Morgan fingerprint density at radius 2 is 2.00 bits per heavy atom. The van der Waals surface area contributed by atoms with Crippen LogP contribution in [0.15, 0.2) is 24.3 Å². The van der Waals surface area contributed by atoms with Crippen molar-refractivity contribution in [3.63, 3.8) is 0 Å². The highest BCUT2D eigenvalue weighted by atomic mass is 79.9. The minimum absolute atomic E-state index is 0.0678. The highest BCUT2D eigenvalue weighted by Gasteiger charge is 2.17. The van der Waals surface area contributed by atoms with Crippen LogP contribution in [0, 0.1) is 0 Å². The van der Waals surface area contributed by atoms with E-state index in [0.717, 1.165) is 25.0 Å². The second-order valence-corrected chi connectivity index (χ2v) is 5.76. The number of hydrogen-bond donors (Lipinski definition) is 0. The van der Waals surface area contributed by atoms with Crippen LogP contribution < -0.4 is 4.74 Å². The molecule has 1 unspecified atom stereocenters. The molecular formula is C15H21BrO3. The molecule has 1 atom stereocenters. The average molecular weight is 329 g/mol. The van der Waals surface area contributed by atoms with Crippen LogP contribution in [0.3, 0.4) is 0 Å². The molecule has 0 aromatic heterocycles. The zero-order chi connectivity index (χ0) is 14.3. The molecule has 0 bridgehead atoms. The molecule has 0 saturated heterocycles. The molecule has 4 heteroatoms. The lowest BCUT2D eigenvalue weighted by molar-refractivity contribution is -0.146. The fourth-order valence-corrected chi connectivity index (χ4v) is 2.24. The first-order valence-corrected chi connectivity index (χ1v) is 7.42. The summed E-state index contributed by atoms with van der Waals surface area (Å²) in [4.78, 5) is 11.4. The number of carbonyl (C=O) groups excluding carboxylic acids is 1. The Balaban J connectivity index is 2.39. The van der Waals surface area contributed by atoms with Crippen molar-refractivity contribution >= 4 is 21.9 Å². The van der Waals surface area contributed by atoms with Gasteiger partial charge in [0.25, 0.3) is 0 Å². The molecule has 1 rings (SSSR count). The third-order valence-corrected chi connectivity index (χ3v) is 3.54. The molecule has 0 aliphatic rings. The number of carbonyl (C=O) groups is 1. The fraction of sp³-hybridized carbons (Fsp3) is 0.533. The van der Waals surface area contributed by atoms with Gasteiger partial charge < -0.3 is 9.47 Å². The normalized spacial score (nSPS) is 12.3. The summed E-state index contributed by atoms with van der Waals surface area (Å²) in [6.07, 6.45) is 2.48. The molecule has 0 amide bonds. The highest BCUT2D eigenvalue weighted by Crippen LogP contribution is 2.21. The van der Waals surface area contributed by atoms with Crippen molar-refractivity contribution in [1.29, 1.82) is 0 Å². The molecule has 0 heterocycles. The maximum Gasteiger partial charge on any atom is 0.319 e. The van der Waals surface area contributed by atoms with E-state index < -0.39 is 0 Å². The Labute approximate surface area is 123 Å². The largest absolute Gasteiger partial charge is 0.496 e. The van der Waals surface area contributed by atoms with Crippen LogP contribution in [-0.4, -0.2) is 24.0 Å². The fourth-order valence-electron chi connectivity index (χ4n) is 1.81. The lowest BCUT2D eigenvalue weighted by atomic mass is 10.1. The van der Waals surface area contributed by atoms with E-state index in [-0.39, 0.29) is 16.9 Å². The summed E-state index contributed by atoms with van der Waals surface area (Å²) in [5, 5.41) is 0. The van der Waals surface area contributed by atoms with Crippen LogP contribution in [0.5, 0.6) is 5.75 Å². The monoisotopic (exact) mass is 328 g/mol. The van der Waals surface area contributed by atoms with Gasteiger partial charge in [-0.15, -0.1) is 0 Å². The number of esters is 1. The zero-order valence-corrected chi connectivity index (χ0v) is 13.3. The minimum atomic E-state index is -0.232. The molecule has 19 heavy (non-hydrogen) atoms. The van der Waals surface area contributed by atoms with E-state index >= 15 is 0 Å². The number of rotatable bonds is 7. The number of alkyl halides is 1. The van der Waals surface area contributed by atoms with Crippen molar-refractivity contribution in [2.24, 2.45) is 0 Å². The van der Waals surface area contributed by atoms with Crippen LogP contribution in [-0.2, 0) is 16.0 Å². The van der Waals surface area contributed by atoms with Crippen molar-refractivity contribution in [2.45, 2.75) is 44.0 Å². The molecule has 0 fully saturated rings. The van der Waals surface area contributed by atoms with E-state index in [1.54, 1.807) is 7.11 Å². The van der Waals surface area contributed by atoms with Gasteiger partial charge in [-0.3, -0.25) is 4.79 Å². The molecule has 0 spiro atoms.